The smallest absolute Gasteiger partial charge is 0.185 e. The second kappa shape index (κ2) is 3.20. The summed E-state index contributed by atoms with van der Waals surface area (Å²) in [6, 6.07) is 0.557. The molecule has 9 heavy (non-hydrogen) atoms. The molecule has 0 unspecified atom stereocenters. The lowest BCUT2D eigenvalue weighted by molar-refractivity contribution is 0.302. The van der Waals surface area contributed by atoms with Crippen LogP contribution in [0, 0.1) is 0 Å². The minimum atomic E-state index is 0.557. The van der Waals surface area contributed by atoms with E-state index in [1.54, 1.807) is 0 Å². The molecule has 1 heterocycles. The maximum absolute atomic E-state index is 5.28. The third-order valence-corrected chi connectivity index (χ3v) is 1.95. The Bertz CT molecular complexity index is 80.3. The van der Waals surface area contributed by atoms with E-state index < -0.39 is 0 Å². The van der Waals surface area contributed by atoms with Gasteiger partial charge in [-0.1, -0.05) is 0 Å². The molecule has 0 saturated carbocycles. The standard InChI is InChI=1S/C5H14BN3/c6-9-3-1-5(8-7)2-4-9/h5,8H,1-4,6-7H2. The summed E-state index contributed by atoms with van der Waals surface area (Å²) in [6.45, 7) is 2.35. The first-order valence-electron chi connectivity index (χ1n) is 3.47. The van der Waals surface area contributed by atoms with Crippen LogP contribution in [-0.2, 0) is 0 Å². The molecular weight excluding hydrogens is 113 g/mol. The molecule has 0 radical (unpaired) electrons. The van der Waals surface area contributed by atoms with E-state index in [0.717, 1.165) is 0 Å². The Morgan fingerprint density at radius 2 is 2.00 bits per heavy atom. The maximum Gasteiger partial charge on any atom is 0.185 e. The third kappa shape index (κ3) is 1.97. The zero-order valence-corrected chi connectivity index (χ0v) is 5.93. The fourth-order valence-corrected chi connectivity index (χ4v) is 1.18. The van der Waals surface area contributed by atoms with E-state index in [-0.39, 0.29) is 0 Å². The van der Waals surface area contributed by atoms with Crippen LogP contribution in [0.3, 0.4) is 0 Å². The average molecular weight is 127 g/mol. The number of hydrogen-bond donors (Lipinski definition) is 2. The van der Waals surface area contributed by atoms with Crippen LogP contribution in [0.25, 0.3) is 0 Å². The van der Waals surface area contributed by atoms with Gasteiger partial charge in [0.2, 0.25) is 0 Å². The van der Waals surface area contributed by atoms with E-state index in [4.69, 9.17) is 5.84 Å². The Hall–Kier alpha value is -0.0551. The van der Waals surface area contributed by atoms with Crippen molar-refractivity contribution >= 4 is 7.98 Å². The molecule has 0 aromatic carbocycles. The molecule has 4 heteroatoms. The lowest BCUT2D eigenvalue weighted by atomic mass is 10.0. The van der Waals surface area contributed by atoms with Gasteiger partial charge in [0.15, 0.2) is 7.98 Å². The van der Waals surface area contributed by atoms with Gasteiger partial charge in [0.05, 0.1) is 0 Å². The first kappa shape index (κ1) is 7.06. The second-order valence-corrected chi connectivity index (χ2v) is 2.74. The van der Waals surface area contributed by atoms with Crippen LogP contribution in [0.5, 0.6) is 0 Å². The summed E-state index contributed by atoms with van der Waals surface area (Å²) in [7, 11) is 2.15. The molecule has 1 saturated heterocycles. The number of rotatable bonds is 1. The van der Waals surface area contributed by atoms with Gasteiger partial charge in [0.1, 0.15) is 0 Å². The third-order valence-electron chi connectivity index (χ3n) is 1.95. The van der Waals surface area contributed by atoms with Crippen LogP contribution < -0.4 is 11.3 Å². The normalized spacial score (nSPS) is 24.6. The molecule has 1 aliphatic rings. The summed E-state index contributed by atoms with van der Waals surface area (Å²) in [5.74, 6) is 5.28. The van der Waals surface area contributed by atoms with Gasteiger partial charge in [-0.3, -0.25) is 11.3 Å². The first-order valence-corrected chi connectivity index (χ1v) is 3.47. The molecule has 0 aliphatic carbocycles. The van der Waals surface area contributed by atoms with Gasteiger partial charge in [-0.2, -0.15) is 0 Å². The van der Waals surface area contributed by atoms with Crippen molar-refractivity contribution in [2.24, 2.45) is 5.84 Å². The number of nitrogens with two attached hydrogens (primary N) is 1. The predicted molar refractivity (Wildman–Crippen MR) is 40.5 cm³/mol. The Balaban J connectivity index is 2.18. The number of piperidine rings is 1. The number of nitrogens with one attached hydrogen (secondary N) is 1. The fourth-order valence-electron chi connectivity index (χ4n) is 1.18. The summed E-state index contributed by atoms with van der Waals surface area (Å²) in [4.78, 5) is 2.33. The molecule has 0 spiro atoms. The molecule has 0 bridgehead atoms. The molecule has 0 aromatic heterocycles. The summed E-state index contributed by atoms with van der Waals surface area (Å²) in [6.07, 6.45) is 2.38. The summed E-state index contributed by atoms with van der Waals surface area (Å²) < 4.78 is 0. The minimum Gasteiger partial charge on any atom is -0.349 e. The van der Waals surface area contributed by atoms with Crippen LogP contribution in [0.2, 0.25) is 0 Å². The number of nitrogens with zero attached hydrogens (tertiary/aromatic N) is 1. The molecule has 1 fully saturated rings. The molecular formula is C5H14BN3. The van der Waals surface area contributed by atoms with Crippen molar-refractivity contribution < 1.29 is 0 Å². The van der Waals surface area contributed by atoms with Crippen LogP contribution in [0.4, 0.5) is 0 Å². The zero-order chi connectivity index (χ0) is 6.69. The van der Waals surface area contributed by atoms with Gasteiger partial charge >= 0.3 is 0 Å². The van der Waals surface area contributed by atoms with Gasteiger partial charge in [0.25, 0.3) is 0 Å². The fraction of sp³-hybridized carbons (Fsp3) is 1.00. The van der Waals surface area contributed by atoms with Gasteiger partial charge in [0, 0.05) is 6.04 Å². The van der Waals surface area contributed by atoms with Crippen LogP contribution in [-0.4, -0.2) is 31.9 Å². The van der Waals surface area contributed by atoms with Crippen LogP contribution in [0.15, 0.2) is 0 Å². The van der Waals surface area contributed by atoms with Gasteiger partial charge in [-0.25, -0.2) is 0 Å². The van der Waals surface area contributed by atoms with E-state index in [1.807, 2.05) is 0 Å². The lowest BCUT2D eigenvalue weighted by Crippen LogP contribution is -2.44. The summed E-state index contributed by atoms with van der Waals surface area (Å²) in [5, 5.41) is 0. The van der Waals surface area contributed by atoms with Gasteiger partial charge in [-0.05, 0) is 25.9 Å². The molecule has 3 nitrogen and oxygen atoms in total. The van der Waals surface area contributed by atoms with Crippen molar-refractivity contribution in [2.75, 3.05) is 13.1 Å². The molecule has 1 rings (SSSR count). The largest absolute Gasteiger partial charge is 0.349 e. The predicted octanol–water partition coefficient (Wildman–Crippen LogP) is -1.54. The van der Waals surface area contributed by atoms with Gasteiger partial charge in [-0.15, -0.1) is 0 Å². The quantitative estimate of drug-likeness (QED) is 0.255. The first-order chi connectivity index (χ1) is 4.33. The highest BCUT2D eigenvalue weighted by atomic mass is 15.2. The van der Waals surface area contributed by atoms with Crippen molar-refractivity contribution in [1.82, 2.24) is 10.2 Å². The lowest BCUT2D eigenvalue weighted by Gasteiger charge is -2.28. The average Bonchev–Trinajstić information content (AvgIpc) is 1.90. The molecule has 3 N–H and O–H groups in total. The Morgan fingerprint density at radius 3 is 2.44 bits per heavy atom. The molecule has 1 aliphatic heterocycles. The van der Waals surface area contributed by atoms with Gasteiger partial charge < -0.3 is 4.81 Å². The number of hydrazine groups is 1. The van der Waals surface area contributed by atoms with Crippen LogP contribution in [0.1, 0.15) is 12.8 Å². The highest BCUT2D eigenvalue weighted by Crippen LogP contribution is 2.05. The Morgan fingerprint density at radius 1 is 1.44 bits per heavy atom. The van der Waals surface area contributed by atoms with E-state index >= 15 is 0 Å². The van der Waals surface area contributed by atoms with E-state index in [2.05, 4.69) is 18.2 Å². The summed E-state index contributed by atoms with van der Waals surface area (Å²) >= 11 is 0. The molecule has 0 atom stereocenters. The Kier molecular flexibility index (Phi) is 2.51. The highest BCUT2D eigenvalue weighted by Gasteiger charge is 2.13. The van der Waals surface area contributed by atoms with Crippen molar-refractivity contribution in [3.8, 4) is 0 Å². The second-order valence-electron chi connectivity index (χ2n) is 2.74. The number of hydrogen-bond acceptors (Lipinski definition) is 3. The topological polar surface area (TPSA) is 41.3 Å². The van der Waals surface area contributed by atoms with E-state index in [0.29, 0.717) is 6.04 Å². The zero-order valence-electron chi connectivity index (χ0n) is 5.93. The molecule has 52 valence electrons. The van der Waals surface area contributed by atoms with Crippen molar-refractivity contribution in [2.45, 2.75) is 18.9 Å². The Labute approximate surface area is 57.0 Å². The SMILES string of the molecule is BN1CCC(NN)CC1. The minimum absolute atomic E-state index is 0.557. The monoisotopic (exact) mass is 127 g/mol. The van der Waals surface area contributed by atoms with Crippen molar-refractivity contribution in [3.05, 3.63) is 0 Å². The van der Waals surface area contributed by atoms with Crippen LogP contribution >= 0.6 is 0 Å². The van der Waals surface area contributed by atoms with E-state index in [9.17, 15) is 0 Å². The highest BCUT2D eigenvalue weighted by molar-refractivity contribution is 6.04. The summed E-state index contributed by atoms with van der Waals surface area (Å²) in [5.41, 5.74) is 2.80. The molecule has 0 amide bonds. The molecule has 0 aromatic rings. The van der Waals surface area contributed by atoms with Crippen molar-refractivity contribution in [1.29, 1.82) is 0 Å². The maximum atomic E-state index is 5.28. The van der Waals surface area contributed by atoms with Crippen molar-refractivity contribution in [3.63, 3.8) is 0 Å². The van der Waals surface area contributed by atoms with E-state index in [1.165, 1.54) is 25.9 Å².